The highest BCUT2D eigenvalue weighted by Gasteiger charge is 2.22. The third-order valence-electron chi connectivity index (χ3n) is 2.77. The third-order valence-corrected chi connectivity index (χ3v) is 2.77. The van der Waals surface area contributed by atoms with Crippen molar-refractivity contribution in [3.8, 4) is 0 Å². The number of carbonyl (C=O) groups is 4. The van der Waals surface area contributed by atoms with E-state index in [0.717, 1.165) is 6.42 Å². The van der Waals surface area contributed by atoms with Crippen LogP contribution in [0.3, 0.4) is 0 Å². The first-order valence-corrected chi connectivity index (χ1v) is 6.81. The van der Waals surface area contributed by atoms with E-state index in [4.69, 9.17) is 22.3 Å². The minimum atomic E-state index is -1.43. The van der Waals surface area contributed by atoms with Crippen molar-refractivity contribution in [2.45, 2.75) is 37.8 Å². The van der Waals surface area contributed by atoms with E-state index in [0.29, 0.717) is 19.4 Å². The summed E-state index contributed by atoms with van der Waals surface area (Å²) in [7, 11) is 0. The Balaban J connectivity index is 4.17. The van der Waals surface area contributed by atoms with E-state index >= 15 is 0 Å². The Morgan fingerprint density at radius 1 is 1.14 bits per heavy atom. The van der Waals surface area contributed by atoms with E-state index in [1.807, 2.05) is 0 Å². The summed E-state index contributed by atoms with van der Waals surface area (Å²) in [6.45, 7) is 0.0686. The van der Waals surface area contributed by atoms with Gasteiger partial charge < -0.3 is 32.9 Å². The quantitative estimate of drug-likeness (QED) is 0.219. The molecule has 0 heterocycles. The Morgan fingerprint density at radius 2 is 1.77 bits per heavy atom. The zero-order chi connectivity index (χ0) is 17.1. The van der Waals surface area contributed by atoms with E-state index in [9.17, 15) is 19.2 Å². The molecular formula is C12H23N5O5. The number of hydrogen-bond acceptors (Lipinski definition) is 6. The highest BCUT2D eigenvalue weighted by molar-refractivity contribution is 5.91. The number of primary amides is 1. The Morgan fingerprint density at radius 3 is 2.27 bits per heavy atom. The van der Waals surface area contributed by atoms with Crippen LogP contribution >= 0.6 is 0 Å². The van der Waals surface area contributed by atoms with Gasteiger partial charge in [-0.2, -0.15) is 0 Å². The summed E-state index contributed by atoms with van der Waals surface area (Å²) in [5.74, 6) is -3.53. The zero-order valence-electron chi connectivity index (χ0n) is 12.2. The van der Waals surface area contributed by atoms with E-state index < -0.39 is 48.7 Å². The predicted octanol–water partition coefficient (Wildman–Crippen LogP) is -3.00. The maximum atomic E-state index is 11.6. The van der Waals surface area contributed by atoms with Crippen molar-refractivity contribution >= 4 is 23.7 Å². The molecule has 0 fully saturated rings. The summed E-state index contributed by atoms with van der Waals surface area (Å²) in [5, 5.41) is 13.2. The molecule has 0 rings (SSSR count). The Kier molecular flexibility index (Phi) is 9.46. The number of nitrogens with one attached hydrogen (secondary N) is 2. The van der Waals surface area contributed by atoms with Gasteiger partial charge in [0, 0.05) is 0 Å². The lowest BCUT2D eigenvalue weighted by Crippen LogP contribution is -2.49. The van der Waals surface area contributed by atoms with Crippen LogP contribution in [0.2, 0.25) is 0 Å². The van der Waals surface area contributed by atoms with Crippen LogP contribution < -0.4 is 27.8 Å². The van der Waals surface area contributed by atoms with Gasteiger partial charge in [0.15, 0.2) is 0 Å². The fraction of sp³-hybridized carbons (Fsp3) is 0.667. The van der Waals surface area contributed by atoms with Crippen LogP contribution in [0.15, 0.2) is 0 Å². The molecule has 0 aliphatic rings. The summed E-state index contributed by atoms with van der Waals surface area (Å²) in [5.41, 5.74) is 15.8. The molecule has 22 heavy (non-hydrogen) atoms. The Bertz CT molecular complexity index is 415. The first-order chi connectivity index (χ1) is 10.3. The molecule has 0 saturated heterocycles. The van der Waals surface area contributed by atoms with Crippen LogP contribution in [0.5, 0.6) is 0 Å². The second-order valence-electron chi connectivity index (χ2n) is 4.74. The monoisotopic (exact) mass is 317 g/mol. The van der Waals surface area contributed by atoms with Gasteiger partial charge in [-0.15, -0.1) is 0 Å². The molecule has 0 aliphatic carbocycles. The lowest BCUT2D eigenvalue weighted by Gasteiger charge is -2.14. The van der Waals surface area contributed by atoms with Crippen LogP contribution in [0.1, 0.15) is 25.7 Å². The number of carboxylic acids is 1. The number of rotatable bonds is 11. The summed E-state index contributed by atoms with van der Waals surface area (Å²) < 4.78 is 0. The average Bonchev–Trinajstić information content (AvgIpc) is 2.43. The minimum Gasteiger partial charge on any atom is -0.480 e. The van der Waals surface area contributed by atoms with Crippen LogP contribution in [0.25, 0.3) is 0 Å². The van der Waals surface area contributed by atoms with E-state index in [1.54, 1.807) is 0 Å². The molecule has 2 atom stereocenters. The number of aliphatic carboxylic acids is 1. The Hall–Kier alpha value is -2.20. The molecular weight excluding hydrogens is 294 g/mol. The predicted molar refractivity (Wildman–Crippen MR) is 77.3 cm³/mol. The molecule has 0 aromatic rings. The maximum Gasteiger partial charge on any atom is 0.326 e. The van der Waals surface area contributed by atoms with E-state index in [-0.39, 0.29) is 0 Å². The molecule has 0 unspecified atom stereocenters. The SMILES string of the molecule is NCCCC[C@H](N)C(=O)NCC(=O)N[C@@H](CC(N)=O)C(=O)O. The van der Waals surface area contributed by atoms with Crippen molar-refractivity contribution < 1.29 is 24.3 Å². The highest BCUT2D eigenvalue weighted by atomic mass is 16.4. The zero-order valence-corrected chi connectivity index (χ0v) is 12.2. The van der Waals surface area contributed by atoms with Gasteiger partial charge in [-0.3, -0.25) is 14.4 Å². The second-order valence-corrected chi connectivity index (χ2v) is 4.74. The van der Waals surface area contributed by atoms with E-state index in [1.165, 1.54) is 0 Å². The van der Waals surface area contributed by atoms with Crippen molar-refractivity contribution in [1.82, 2.24) is 10.6 Å². The first-order valence-electron chi connectivity index (χ1n) is 6.81. The van der Waals surface area contributed by atoms with Crippen LogP contribution in [0, 0.1) is 0 Å². The normalized spacial score (nSPS) is 13.0. The third kappa shape index (κ3) is 8.87. The minimum absolute atomic E-state index is 0.435. The molecule has 0 radical (unpaired) electrons. The van der Waals surface area contributed by atoms with Gasteiger partial charge in [0.05, 0.1) is 19.0 Å². The standard InChI is InChI=1S/C12H23N5O5/c13-4-2-1-3-7(14)11(20)16-6-10(19)17-8(12(21)22)5-9(15)18/h7-8H,1-6,13-14H2,(H2,15,18)(H,16,20)(H,17,19)(H,21,22)/t7-,8-/m0/s1. The topological polar surface area (TPSA) is 191 Å². The average molecular weight is 317 g/mol. The number of unbranched alkanes of at least 4 members (excludes halogenated alkanes) is 1. The summed E-state index contributed by atoms with van der Waals surface area (Å²) >= 11 is 0. The smallest absolute Gasteiger partial charge is 0.326 e. The molecule has 0 aromatic carbocycles. The van der Waals surface area contributed by atoms with Gasteiger partial charge >= 0.3 is 5.97 Å². The van der Waals surface area contributed by atoms with Crippen LogP contribution in [-0.4, -0.2) is 54.0 Å². The highest BCUT2D eigenvalue weighted by Crippen LogP contribution is 1.97. The number of nitrogens with two attached hydrogens (primary N) is 3. The van der Waals surface area contributed by atoms with Crippen molar-refractivity contribution in [1.29, 1.82) is 0 Å². The molecule has 10 heteroatoms. The largest absolute Gasteiger partial charge is 0.480 e. The van der Waals surface area contributed by atoms with Crippen LogP contribution in [-0.2, 0) is 19.2 Å². The fourth-order valence-corrected chi connectivity index (χ4v) is 1.58. The molecule has 3 amide bonds. The van der Waals surface area contributed by atoms with Crippen molar-refractivity contribution in [2.75, 3.05) is 13.1 Å². The van der Waals surface area contributed by atoms with Crippen LogP contribution in [0.4, 0.5) is 0 Å². The summed E-state index contributed by atoms with van der Waals surface area (Å²) in [6.07, 6.45) is 1.34. The molecule has 10 nitrogen and oxygen atoms in total. The lowest BCUT2D eigenvalue weighted by molar-refractivity contribution is -0.143. The second kappa shape index (κ2) is 10.5. The summed E-state index contributed by atoms with van der Waals surface area (Å²) in [6, 6.07) is -2.19. The van der Waals surface area contributed by atoms with Gasteiger partial charge in [0.2, 0.25) is 17.7 Å². The van der Waals surface area contributed by atoms with Crippen molar-refractivity contribution in [3.63, 3.8) is 0 Å². The number of carbonyl (C=O) groups excluding carboxylic acids is 3. The number of carboxylic acid groups (broad SMARTS) is 1. The van der Waals surface area contributed by atoms with E-state index in [2.05, 4.69) is 10.6 Å². The van der Waals surface area contributed by atoms with Gasteiger partial charge in [0.25, 0.3) is 0 Å². The molecule has 126 valence electrons. The molecule has 0 aromatic heterocycles. The summed E-state index contributed by atoms with van der Waals surface area (Å²) in [4.78, 5) is 44.6. The van der Waals surface area contributed by atoms with Crippen molar-refractivity contribution in [2.24, 2.45) is 17.2 Å². The molecule has 9 N–H and O–H groups in total. The fourth-order valence-electron chi connectivity index (χ4n) is 1.58. The van der Waals surface area contributed by atoms with Gasteiger partial charge in [-0.1, -0.05) is 6.42 Å². The Labute approximate surface area is 127 Å². The molecule has 0 aliphatic heterocycles. The molecule has 0 bridgehead atoms. The first kappa shape index (κ1) is 19.8. The van der Waals surface area contributed by atoms with Gasteiger partial charge in [0.1, 0.15) is 6.04 Å². The number of hydrogen-bond donors (Lipinski definition) is 6. The van der Waals surface area contributed by atoms with Gasteiger partial charge in [-0.05, 0) is 19.4 Å². The maximum absolute atomic E-state index is 11.6. The van der Waals surface area contributed by atoms with Gasteiger partial charge in [-0.25, -0.2) is 4.79 Å². The van der Waals surface area contributed by atoms with Crippen molar-refractivity contribution in [3.05, 3.63) is 0 Å². The lowest BCUT2D eigenvalue weighted by atomic mass is 10.1. The number of amides is 3. The molecule has 0 saturated carbocycles. The molecule has 0 spiro atoms.